The first-order valence-electron chi connectivity index (χ1n) is 11.6. The number of carbonyl (C=O) groups excluding carboxylic acids is 3. The summed E-state index contributed by atoms with van der Waals surface area (Å²) in [6.45, 7) is 0. The maximum absolute atomic E-state index is 14.2. The van der Waals surface area contributed by atoms with Crippen LogP contribution in [-0.4, -0.2) is 36.8 Å². The Balaban J connectivity index is 1.49. The van der Waals surface area contributed by atoms with E-state index < -0.39 is 29.8 Å². The molecule has 0 saturated carbocycles. The number of carbonyl (C=O) groups is 3. The summed E-state index contributed by atoms with van der Waals surface area (Å²) in [6, 6.07) is 16.0. The normalized spacial score (nSPS) is 23.7. The molecular weight excluding hydrogens is 579 g/mol. The van der Waals surface area contributed by atoms with Crippen LogP contribution in [0.25, 0.3) is 6.08 Å². The number of hydrogen-bond acceptors (Lipinski definition) is 5. The van der Waals surface area contributed by atoms with E-state index in [1.165, 1.54) is 18.2 Å². The Morgan fingerprint density at radius 2 is 1.65 bits per heavy atom. The van der Waals surface area contributed by atoms with Crippen LogP contribution in [-0.2, 0) is 9.59 Å². The summed E-state index contributed by atoms with van der Waals surface area (Å²) in [6.07, 6.45) is 3.86. The second kappa shape index (κ2) is 9.01. The molecule has 4 atom stereocenters. The number of benzene rings is 3. The molecule has 2 amide bonds. The topological polar surface area (TPSA) is 66.9 Å². The minimum absolute atomic E-state index is 0.252. The molecule has 3 aromatic rings. The van der Waals surface area contributed by atoms with Gasteiger partial charge in [-0.15, -0.1) is 0 Å². The molecule has 2 saturated heterocycles. The molecule has 37 heavy (non-hydrogen) atoms. The van der Waals surface area contributed by atoms with Crippen LogP contribution < -0.4 is 14.5 Å². The number of imide groups is 1. The number of amides is 2. The maximum atomic E-state index is 14.2. The third kappa shape index (κ3) is 3.71. The molecule has 0 radical (unpaired) electrons. The minimum Gasteiger partial charge on any atom is -0.496 e. The molecule has 186 valence electrons. The largest absolute Gasteiger partial charge is 0.496 e. The second-order valence-electron chi connectivity index (χ2n) is 9.17. The van der Waals surface area contributed by atoms with Crippen molar-refractivity contribution in [2.75, 3.05) is 16.9 Å². The molecule has 6 nitrogen and oxygen atoms in total. The van der Waals surface area contributed by atoms with Crippen LogP contribution in [0.1, 0.15) is 15.9 Å². The van der Waals surface area contributed by atoms with E-state index in [1.54, 1.807) is 25.3 Å². The van der Waals surface area contributed by atoms with Gasteiger partial charge in [0, 0.05) is 21.3 Å². The molecule has 0 aliphatic carbocycles. The average molecular weight is 598 g/mol. The zero-order valence-electron chi connectivity index (χ0n) is 19.4. The van der Waals surface area contributed by atoms with E-state index in [9.17, 15) is 14.4 Å². The quantitative estimate of drug-likeness (QED) is 0.271. The predicted molar refractivity (Wildman–Crippen MR) is 146 cm³/mol. The van der Waals surface area contributed by atoms with Crippen molar-refractivity contribution in [1.82, 2.24) is 0 Å². The standard InChI is InChI=1S/C28H19BrCl2N2O4/c1-37-22-9-7-15(10-19(22)29)26(34)25-24-23(21-8-6-14-4-2-3-5-20(14)33(21)25)27(35)32(28(24)36)18-12-16(30)11-17(31)13-18/h2-13,21,23-25H,1H3/t21-,23-,24+,25-/m0/s1. The van der Waals surface area contributed by atoms with Gasteiger partial charge in [0.1, 0.15) is 11.8 Å². The zero-order chi connectivity index (χ0) is 26.0. The fourth-order valence-corrected chi connectivity index (χ4v) is 6.78. The van der Waals surface area contributed by atoms with E-state index in [4.69, 9.17) is 27.9 Å². The van der Waals surface area contributed by atoms with Gasteiger partial charge in [-0.25, -0.2) is 4.90 Å². The van der Waals surface area contributed by atoms with Gasteiger partial charge in [-0.05, 0) is 64.0 Å². The smallest absolute Gasteiger partial charge is 0.240 e. The van der Waals surface area contributed by atoms with Gasteiger partial charge in [0.15, 0.2) is 5.78 Å². The first-order valence-corrected chi connectivity index (χ1v) is 13.1. The van der Waals surface area contributed by atoms with Crippen LogP contribution >= 0.6 is 39.1 Å². The van der Waals surface area contributed by atoms with Gasteiger partial charge >= 0.3 is 0 Å². The first-order chi connectivity index (χ1) is 17.8. The third-order valence-electron chi connectivity index (χ3n) is 7.23. The van der Waals surface area contributed by atoms with E-state index in [0.29, 0.717) is 31.5 Å². The Bertz CT molecular complexity index is 1500. The molecule has 0 N–H and O–H groups in total. The molecule has 0 spiro atoms. The van der Waals surface area contributed by atoms with Gasteiger partial charge in [0.05, 0.1) is 35.1 Å². The lowest BCUT2D eigenvalue weighted by Gasteiger charge is -2.36. The number of rotatable bonds is 4. The molecule has 0 unspecified atom stereocenters. The lowest BCUT2D eigenvalue weighted by Crippen LogP contribution is -2.48. The van der Waals surface area contributed by atoms with E-state index in [-0.39, 0.29) is 11.7 Å². The summed E-state index contributed by atoms with van der Waals surface area (Å²) in [7, 11) is 1.55. The van der Waals surface area contributed by atoms with Gasteiger partial charge in [-0.1, -0.05) is 53.6 Å². The summed E-state index contributed by atoms with van der Waals surface area (Å²) < 4.78 is 5.94. The zero-order valence-corrected chi connectivity index (χ0v) is 22.5. The SMILES string of the molecule is COc1ccc(C(=O)[C@@H]2[C@@H]3C(=O)N(c4cc(Cl)cc(Cl)c4)C(=O)[C@H]3[C@@H]3C=Cc4ccccc4N23)cc1Br. The summed E-state index contributed by atoms with van der Waals surface area (Å²) in [5.41, 5.74) is 2.44. The van der Waals surface area contributed by atoms with Crippen molar-refractivity contribution >= 4 is 74.2 Å². The summed E-state index contributed by atoms with van der Waals surface area (Å²) in [5, 5.41) is 0.618. The summed E-state index contributed by atoms with van der Waals surface area (Å²) in [5.74, 6) is -2.12. The van der Waals surface area contributed by atoms with Crippen LogP contribution in [0.4, 0.5) is 11.4 Å². The molecule has 3 aliphatic heterocycles. The van der Waals surface area contributed by atoms with Gasteiger partial charge in [0.25, 0.3) is 0 Å². The number of methoxy groups -OCH3 is 1. The summed E-state index contributed by atoms with van der Waals surface area (Å²) >= 11 is 15.8. The van der Waals surface area contributed by atoms with Crippen LogP contribution in [0.2, 0.25) is 10.0 Å². The highest BCUT2D eigenvalue weighted by Gasteiger charge is 2.64. The monoisotopic (exact) mass is 596 g/mol. The predicted octanol–water partition coefficient (Wildman–Crippen LogP) is 6.04. The average Bonchev–Trinajstić information content (AvgIpc) is 3.35. The fourth-order valence-electron chi connectivity index (χ4n) is 5.73. The number of Topliss-reactive ketones (excluding diaryl/α,β-unsaturated/α-hetero) is 1. The van der Waals surface area contributed by atoms with Gasteiger partial charge in [-0.2, -0.15) is 0 Å². The number of ketones is 1. The third-order valence-corrected chi connectivity index (χ3v) is 8.28. The van der Waals surface area contributed by atoms with Crippen LogP contribution in [0.5, 0.6) is 5.75 Å². The first kappa shape index (κ1) is 24.2. The lowest BCUT2D eigenvalue weighted by atomic mass is 9.86. The molecule has 0 aromatic heterocycles. The van der Waals surface area contributed by atoms with E-state index >= 15 is 0 Å². The Morgan fingerprint density at radius 3 is 2.35 bits per heavy atom. The number of nitrogens with zero attached hydrogens (tertiary/aromatic N) is 2. The van der Waals surface area contributed by atoms with Crippen LogP contribution in [0.3, 0.4) is 0 Å². The van der Waals surface area contributed by atoms with Crippen LogP contribution in [0.15, 0.2) is 71.2 Å². The summed E-state index contributed by atoms with van der Waals surface area (Å²) in [4.78, 5) is 45.0. The van der Waals surface area contributed by atoms with E-state index in [1.807, 2.05) is 41.3 Å². The molecule has 3 aliphatic rings. The van der Waals surface area contributed by atoms with Gasteiger partial charge < -0.3 is 9.64 Å². The highest BCUT2D eigenvalue weighted by molar-refractivity contribution is 9.10. The fraction of sp³-hybridized carbons (Fsp3) is 0.179. The van der Waals surface area contributed by atoms with Crippen LogP contribution in [0, 0.1) is 11.8 Å². The van der Waals surface area contributed by atoms with Crippen molar-refractivity contribution in [1.29, 1.82) is 0 Å². The molecule has 3 aromatic carbocycles. The molecule has 9 heteroatoms. The Hall–Kier alpha value is -3.13. The second-order valence-corrected chi connectivity index (χ2v) is 10.9. The van der Waals surface area contributed by atoms with Crippen molar-refractivity contribution in [3.8, 4) is 5.75 Å². The molecule has 3 heterocycles. The molecule has 2 fully saturated rings. The highest BCUT2D eigenvalue weighted by atomic mass is 79.9. The van der Waals surface area contributed by atoms with Gasteiger partial charge in [-0.3, -0.25) is 14.4 Å². The number of halogens is 3. The van der Waals surface area contributed by atoms with E-state index in [0.717, 1.165) is 16.2 Å². The Labute approximate surface area is 231 Å². The van der Waals surface area contributed by atoms with Crippen molar-refractivity contribution in [3.63, 3.8) is 0 Å². The van der Waals surface area contributed by atoms with Crippen molar-refractivity contribution in [2.45, 2.75) is 12.1 Å². The Morgan fingerprint density at radius 1 is 0.946 bits per heavy atom. The number of fused-ring (bicyclic) bond motifs is 5. The van der Waals surface area contributed by atoms with Crippen molar-refractivity contribution in [2.24, 2.45) is 11.8 Å². The maximum Gasteiger partial charge on any atom is 0.240 e. The number of ether oxygens (including phenoxy) is 1. The van der Waals surface area contributed by atoms with Crippen molar-refractivity contribution in [3.05, 3.63) is 92.4 Å². The number of anilines is 2. The molecule has 0 bridgehead atoms. The molecular formula is C28H19BrCl2N2O4. The lowest BCUT2D eigenvalue weighted by molar-refractivity contribution is -0.122. The molecule has 6 rings (SSSR count). The number of para-hydroxylation sites is 1. The van der Waals surface area contributed by atoms with E-state index in [2.05, 4.69) is 15.9 Å². The highest BCUT2D eigenvalue weighted by Crippen LogP contribution is 2.50. The minimum atomic E-state index is -0.891. The Kier molecular flexibility index (Phi) is 5.90. The number of hydrogen-bond donors (Lipinski definition) is 0. The van der Waals surface area contributed by atoms with Crippen molar-refractivity contribution < 1.29 is 19.1 Å². The van der Waals surface area contributed by atoms with Gasteiger partial charge in [0.2, 0.25) is 11.8 Å².